The van der Waals surface area contributed by atoms with Crippen molar-refractivity contribution in [2.45, 2.75) is 0 Å². The minimum absolute atomic E-state index is 1.03. The molecule has 0 N–H and O–H groups in total. The molecule has 0 aliphatic heterocycles. The van der Waals surface area contributed by atoms with Gasteiger partial charge in [-0.25, -0.2) is 0 Å². The topological polar surface area (TPSA) is 0 Å². The summed E-state index contributed by atoms with van der Waals surface area (Å²) in [5.74, 6) is 0. The minimum atomic E-state index is -1.03. The molecule has 0 spiro atoms. The smallest absolute Gasteiger partial charge is 0.0710 e. The lowest BCUT2D eigenvalue weighted by Crippen LogP contribution is -2.04. The average molecular weight is 87.8 g/mol. The Kier molecular flexibility index (Phi) is 0.843. The van der Waals surface area contributed by atoms with Crippen molar-refractivity contribution >= 4 is 28.2 Å². The zero-order valence-corrected chi connectivity index (χ0v) is 4.31. The molecule has 0 aromatic heterocycles. The Morgan fingerprint density at radius 2 is 1.83 bits per heavy atom. The van der Waals surface area contributed by atoms with Crippen LogP contribution < -0.4 is 0 Å². The van der Waals surface area contributed by atoms with Gasteiger partial charge in [-0.1, -0.05) is 25.5 Å². The zero-order valence-electron chi connectivity index (χ0n) is 3.31. The maximum atomic E-state index is 5.28. The summed E-state index contributed by atoms with van der Waals surface area (Å²) in [6.45, 7) is 0. The lowest BCUT2D eigenvalue weighted by atomic mass is 10.7. The largest absolute Gasteiger partial charge is 0.0795 e. The molecular weight excluding hydrogens is 85.7 g/mol. The van der Waals surface area contributed by atoms with Gasteiger partial charge in [-0.15, -0.1) is 0 Å². The predicted octanol–water partition coefficient (Wildman–Crippen LogP) is -0.865. The first kappa shape index (κ1) is 4.12. The van der Waals surface area contributed by atoms with Crippen LogP contribution in [0.4, 0.5) is 0 Å². The SMILES string of the molecule is [B][Si]([B])=C1C=C1. The Labute approximate surface area is 41.2 Å². The van der Waals surface area contributed by atoms with E-state index >= 15 is 0 Å². The van der Waals surface area contributed by atoms with E-state index in [9.17, 15) is 0 Å². The van der Waals surface area contributed by atoms with Crippen LogP contribution in [0.1, 0.15) is 0 Å². The van der Waals surface area contributed by atoms with Gasteiger partial charge in [-0.3, -0.25) is 0 Å². The van der Waals surface area contributed by atoms with Gasteiger partial charge in [-0.2, -0.15) is 0 Å². The predicted molar refractivity (Wildman–Crippen MR) is 31.4 cm³/mol. The van der Waals surface area contributed by atoms with Crippen LogP contribution in [0.15, 0.2) is 12.2 Å². The maximum absolute atomic E-state index is 5.28. The molecule has 0 aromatic carbocycles. The summed E-state index contributed by atoms with van der Waals surface area (Å²) < 4.78 is 0. The van der Waals surface area contributed by atoms with Crippen molar-refractivity contribution in [3.63, 3.8) is 0 Å². The molecule has 1 rings (SSSR count). The molecule has 0 saturated carbocycles. The quantitative estimate of drug-likeness (QED) is 0.338. The summed E-state index contributed by atoms with van der Waals surface area (Å²) in [4.78, 5) is 0. The number of hydrogen-bond acceptors (Lipinski definition) is 0. The highest BCUT2D eigenvalue weighted by atomic mass is 28.2. The Balaban J connectivity index is 2.66. The van der Waals surface area contributed by atoms with Crippen molar-refractivity contribution < 1.29 is 0 Å². The third kappa shape index (κ3) is 0.715. The molecule has 0 fully saturated rings. The fourth-order valence-corrected chi connectivity index (χ4v) is 0.702. The van der Waals surface area contributed by atoms with Gasteiger partial charge in [0.1, 0.15) is 0 Å². The highest BCUT2D eigenvalue weighted by molar-refractivity contribution is 7.33. The number of rotatable bonds is 0. The maximum Gasteiger partial charge on any atom is 0.0710 e. The molecule has 0 aromatic rings. The van der Waals surface area contributed by atoms with E-state index < -0.39 is 8.15 Å². The average Bonchev–Trinajstić information content (AvgIpc) is 2.06. The number of allylic oxidation sites excluding steroid dienone is 2. The molecule has 0 atom stereocenters. The monoisotopic (exact) mass is 88.0 g/mol. The Hall–Kier alpha value is -0.0432. The molecule has 0 nitrogen and oxygen atoms in total. The summed E-state index contributed by atoms with van der Waals surface area (Å²) in [6.07, 6.45) is 3.91. The highest BCUT2D eigenvalue weighted by Gasteiger charge is 1.96. The van der Waals surface area contributed by atoms with Crippen molar-refractivity contribution in [2.75, 3.05) is 0 Å². The van der Waals surface area contributed by atoms with Crippen molar-refractivity contribution in [2.24, 2.45) is 0 Å². The van der Waals surface area contributed by atoms with Crippen molar-refractivity contribution in [3.8, 4) is 0 Å². The summed E-state index contributed by atoms with van der Waals surface area (Å²) >= 11 is 0. The van der Waals surface area contributed by atoms with Gasteiger partial charge in [0, 0.05) is 0 Å². The van der Waals surface area contributed by atoms with E-state index in [1.165, 1.54) is 5.17 Å². The molecule has 0 amide bonds. The van der Waals surface area contributed by atoms with Gasteiger partial charge in [-0.05, 0) is 0 Å². The molecule has 0 bridgehead atoms. The first-order valence-electron chi connectivity index (χ1n) is 1.74. The van der Waals surface area contributed by atoms with Crippen LogP contribution in [-0.4, -0.2) is 28.2 Å². The first-order valence-corrected chi connectivity index (χ1v) is 3.39. The molecule has 4 radical (unpaired) electrons. The van der Waals surface area contributed by atoms with Crippen LogP contribution in [-0.2, 0) is 0 Å². The molecule has 24 valence electrons. The van der Waals surface area contributed by atoms with Crippen LogP contribution in [0.25, 0.3) is 0 Å². The van der Waals surface area contributed by atoms with E-state index in [0.717, 1.165) is 0 Å². The Morgan fingerprint density at radius 3 is 1.83 bits per heavy atom. The van der Waals surface area contributed by atoms with E-state index in [2.05, 4.69) is 0 Å². The third-order valence-corrected chi connectivity index (χ3v) is 1.67. The summed E-state index contributed by atoms with van der Waals surface area (Å²) in [7, 11) is 9.52. The highest BCUT2D eigenvalue weighted by Crippen LogP contribution is 1.93. The van der Waals surface area contributed by atoms with E-state index in [0.29, 0.717) is 0 Å². The van der Waals surface area contributed by atoms with Gasteiger partial charge in [0.2, 0.25) is 0 Å². The van der Waals surface area contributed by atoms with Crippen LogP contribution in [0, 0.1) is 0 Å². The molecule has 0 unspecified atom stereocenters. The van der Waals surface area contributed by atoms with Crippen LogP contribution in [0.3, 0.4) is 0 Å². The molecule has 1 aliphatic rings. The van der Waals surface area contributed by atoms with E-state index in [-0.39, 0.29) is 0 Å². The third-order valence-electron chi connectivity index (χ3n) is 0.667. The lowest BCUT2D eigenvalue weighted by Gasteiger charge is -1.76. The van der Waals surface area contributed by atoms with Crippen LogP contribution in [0.2, 0.25) is 0 Å². The molecule has 6 heavy (non-hydrogen) atoms. The fourth-order valence-electron chi connectivity index (χ4n) is 0.234. The Morgan fingerprint density at radius 1 is 1.33 bits per heavy atom. The van der Waals surface area contributed by atoms with E-state index in [1.54, 1.807) is 0 Å². The van der Waals surface area contributed by atoms with Crippen molar-refractivity contribution in [1.29, 1.82) is 0 Å². The van der Waals surface area contributed by atoms with Crippen LogP contribution in [0.5, 0.6) is 0 Å². The van der Waals surface area contributed by atoms with Gasteiger partial charge in [0.15, 0.2) is 0 Å². The second-order valence-corrected chi connectivity index (χ2v) is 2.73. The van der Waals surface area contributed by atoms with Crippen LogP contribution >= 0.6 is 0 Å². The fraction of sp³-hybridized carbons (Fsp3) is 0. The van der Waals surface area contributed by atoms with Gasteiger partial charge in [0.05, 0.1) is 14.9 Å². The van der Waals surface area contributed by atoms with Gasteiger partial charge < -0.3 is 0 Å². The lowest BCUT2D eigenvalue weighted by molar-refractivity contribution is 2.81. The first-order chi connectivity index (χ1) is 2.80. The molecule has 0 saturated heterocycles. The summed E-state index contributed by atoms with van der Waals surface area (Å²) in [5, 5.41) is 1.17. The van der Waals surface area contributed by atoms with Crippen molar-refractivity contribution in [1.82, 2.24) is 0 Å². The summed E-state index contributed by atoms with van der Waals surface area (Å²) in [6, 6.07) is 0. The Bertz CT molecular complexity index is 113. The van der Waals surface area contributed by atoms with E-state index in [4.69, 9.17) is 14.9 Å². The summed E-state index contributed by atoms with van der Waals surface area (Å²) in [5.41, 5.74) is 0. The molecule has 1 aliphatic carbocycles. The minimum Gasteiger partial charge on any atom is -0.0795 e. The molecule has 0 heterocycles. The van der Waals surface area contributed by atoms with E-state index in [1.807, 2.05) is 12.2 Å². The second kappa shape index (κ2) is 1.23. The number of hydrogen-bond donors (Lipinski definition) is 0. The zero-order chi connectivity index (χ0) is 4.57. The van der Waals surface area contributed by atoms with Crippen molar-refractivity contribution in [3.05, 3.63) is 12.2 Å². The second-order valence-electron chi connectivity index (χ2n) is 1.24. The molecule has 3 heteroatoms. The van der Waals surface area contributed by atoms with Gasteiger partial charge in [0.25, 0.3) is 0 Å². The van der Waals surface area contributed by atoms with Gasteiger partial charge >= 0.3 is 0 Å². The molecular formula is C3H2B2Si. The standard InChI is InChI=1S/C3H2B2Si/c4-6(5)3-1-2-3/h1-2H. The normalized spacial score (nSPS) is 15.0.